The Balaban J connectivity index is 1.80. The van der Waals surface area contributed by atoms with Crippen molar-refractivity contribution in [3.05, 3.63) is 53.8 Å². The normalized spacial score (nSPS) is 14.9. The SMILES string of the molecule is COc1ccc(NC(=O)C2(c3ccc(F)cc3)CC2)cc1OC(F)F. The van der Waals surface area contributed by atoms with E-state index in [2.05, 4.69) is 10.1 Å². The lowest BCUT2D eigenvalue weighted by Crippen LogP contribution is -2.27. The van der Waals surface area contributed by atoms with Crippen LogP contribution < -0.4 is 14.8 Å². The van der Waals surface area contributed by atoms with E-state index in [1.54, 1.807) is 12.1 Å². The molecule has 3 rings (SSSR count). The molecule has 4 nitrogen and oxygen atoms in total. The maximum atomic E-state index is 13.1. The number of methoxy groups -OCH3 is 1. The third kappa shape index (κ3) is 3.55. The second-order valence-electron chi connectivity index (χ2n) is 5.79. The molecular formula is C18H16F3NO3. The monoisotopic (exact) mass is 351 g/mol. The highest BCUT2D eigenvalue weighted by Gasteiger charge is 2.51. The molecule has 0 spiro atoms. The molecule has 0 heterocycles. The fraction of sp³-hybridized carbons (Fsp3) is 0.278. The summed E-state index contributed by atoms with van der Waals surface area (Å²) >= 11 is 0. The van der Waals surface area contributed by atoms with Gasteiger partial charge in [0.1, 0.15) is 5.82 Å². The zero-order valence-corrected chi connectivity index (χ0v) is 13.4. The van der Waals surface area contributed by atoms with Crippen LogP contribution in [0.5, 0.6) is 11.5 Å². The van der Waals surface area contributed by atoms with Crippen molar-refractivity contribution in [3.63, 3.8) is 0 Å². The Hall–Kier alpha value is -2.70. The van der Waals surface area contributed by atoms with Crippen LogP contribution in [0.1, 0.15) is 18.4 Å². The van der Waals surface area contributed by atoms with Gasteiger partial charge in [0.15, 0.2) is 11.5 Å². The quantitative estimate of drug-likeness (QED) is 0.852. The molecule has 25 heavy (non-hydrogen) atoms. The first kappa shape index (κ1) is 17.1. The number of hydrogen-bond donors (Lipinski definition) is 1. The topological polar surface area (TPSA) is 47.6 Å². The molecule has 1 N–H and O–H groups in total. The van der Waals surface area contributed by atoms with Gasteiger partial charge < -0.3 is 14.8 Å². The Labute approximate surface area is 142 Å². The molecule has 0 unspecified atom stereocenters. The Morgan fingerprint density at radius 2 is 1.80 bits per heavy atom. The van der Waals surface area contributed by atoms with Crippen molar-refractivity contribution in [2.24, 2.45) is 0 Å². The van der Waals surface area contributed by atoms with Crippen LogP contribution >= 0.6 is 0 Å². The van der Waals surface area contributed by atoms with Crippen molar-refractivity contribution in [3.8, 4) is 11.5 Å². The van der Waals surface area contributed by atoms with Gasteiger partial charge in [-0.05, 0) is 42.7 Å². The molecule has 1 saturated carbocycles. The molecule has 1 fully saturated rings. The lowest BCUT2D eigenvalue weighted by molar-refractivity contribution is -0.118. The largest absolute Gasteiger partial charge is 0.493 e. The van der Waals surface area contributed by atoms with Crippen LogP contribution in [-0.4, -0.2) is 19.6 Å². The lowest BCUT2D eigenvalue weighted by Gasteiger charge is -2.17. The Kier molecular flexibility index (Phi) is 4.57. The number of hydrogen-bond acceptors (Lipinski definition) is 3. The number of alkyl halides is 2. The molecule has 1 aliphatic rings. The van der Waals surface area contributed by atoms with E-state index in [1.165, 1.54) is 37.4 Å². The number of rotatable bonds is 6. The molecule has 0 aliphatic heterocycles. The summed E-state index contributed by atoms with van der Waals surface area (Å²) in [6.07, 6.45) is 1.28. The number of amides is 1. The van der Waals surface area contributed by atoms with Crippen molar-refractivity contribution < 1.29 is 27.4 Å². The lowest BCUT2D eigenvalue weighted by atomic mass is 9.95. The maximum absolute atomic E-state index is 13.1. The van der Waals surface area contributed by atoms with E-state index in [1.807, 2.05) is 0 Å². The number of anilines is 1. The van der Waals surface area contributed by atoms with E-state index in [4.69, 9.17) is 4.74 Å². The molecule has 0 saturated heterocycles. The predicted octanol–water partition coefficient (Wildman–Crippen LogP) is 4.11. The van der Waals surface area contributed by atoms with E-state index in [0.717, 1.165) is 5.56 Å². The maximum Gasteiger partial charge on any atom is 0.387 e. The highest BCUT2D eigenvalue weighted by Crippen LogP contribution is 2.49. The number of nitrogens with one attached hydrogen (secondary N) is 1. The summed E-state index contributed by atoms with van der Waals surface area (Å²) < 4.78 is 47.4. The van der Waals surface area contributed by atoms with Crippen LogP contribution in [0.15, 0.2) is 42.5 Å². The van der Waals surface area contributed by atoms with Crippen molar-refractivity contribution in [2.75, 3.05) is 12.4 Å². The van der Waals surface area contributed by atoms with Gasteiger partial charge in [-0.2, -0.15) is 8.78 Å². The van der Waals surface area contributed by atoms with Gasteiger partial charge >= 0.3 is 6.61 Å². The first-order valence-corrected chi connectivity index (χ1v) is 7.65. The fourth-order valence-electron chi connectivity index (χ4n) is 2.73. The molecular weight excluding hydrogens is 335 g/mol. The molecule has 1 aliphatic carbocycles. The zero-order chi connectivity index (χ0) is 18.0. The fourth-order valence-corrected chi connectivity index (χ4v) is 2.73. The van der Waals surface area contributed by atoms with Gasteiger partial charge in [-0.3, -0.25) is 4.79 Å². The van der Waals surface area contributed by atoms with Crippen LogP contribution in [0.4, 0.5) is 18.9 Å². The molecule has 2 aromatic carbocycles. The van der Waals surface area contributed by atoms with Crippen molar-refractivity contribution in [1.82, 2.24) is 0 Å². The van der Waals surface area contributed by atoms with Gasteiger partial charge in [0.05, 0.1) is 12.5 Å². The van der Waals surface area contributed by atoms with E-state index >= 15 is 0 Å². The Morgan fingerprint density at radius 3 is 2.36 bits per heavy atom. The second kappa shape index (κ2) is 6.66. The highest BCUT2D eigenvalue weighted by atomic mass is 19.3. The summed E-state index contributed by atoms with van der Waals surface area (Å²) in [5.74, 6) is -0.670. The molecule has 0 atom stereocenters. The molecule has 0 radical (unpaired) electrons. The molecule has 1 amide bonds. The minimum Gasteiger partial charge on any atom is -0.493 e. The summed E-state index contributed by atoms with van der Waals surface area (Å²) in [7, 11) is 1.33. The van der Waals surface area contributed by atoms with Gasteiger partial charge in [0.25, 0.3) is 0 Å². The smallest absolute Gasteiger partial charge is 0.387 e. The summed E-state index contributed by atoms with van der Waals surface area (Å²) in [6, 6.07) is 10.0. The van der Waals surface area contributed by atoms with Gasteiger partial charge in [-0.1, -0.05) is 12.1 Å². The van der Waals surface area contributed by atoms with E-state index in [9.17, 15) is 18.0 Å². The molecule has 132 valence electrons. The summed E-state index contributed by atoms with van der Waals surface area (Å²) in [5, 5.41) is 2.71. The van der Waals surface area contributed by atoms with E-state index in [-0.39, 0.29) is 23.2 Å². The first-order chi connectivity index (χ1) is 11.9. The standard InChI is InChI=1S/C18H16F3NO3/c1-24-14-7-6-13(10-15(14)25-17(20)21)22-16(23)18(8-9-18)11-2-4-12(19)5-3-11/h2-7,10,17H,8-9H2,1H3,(H,22,23). The number of halogens is 3. The first-order valence-electron chi connectivity index (χ1n) is 7.65. The zero-order valence-electron chi connectivity index (χ0n) is 13.4. The van der Waals surface area contributed by atoms with Crippen LogP contribution in [0, 0.1) is 5.82 Å². The number of benzene rings is 2. The number of carbonyl (C=O) groups is 1. The molecule has 0 bridgehead atoms. The van der Waals surface area contributed by atoms with E-state index in [0.29, 0.717) is 18.5 Å². The van der Waals surface area contributed by atoms with E-state index < -0.39 is 12.0 Å². The van der Waals surface area contributed by atoms with Crippen LogP contribution in [0.2, 0.25) is 0 Å². The Bertz CT molecular complexity index is 774. The summed E-state index contributed by atoms with van der Waals surface area (Å²) in [5.41, 5.74) is 0.330. The predicted molar refractivity (Wildman–Crippen MR) is 85.6 cm³/mol. The molecule has 7 heteroatoms. The third-order valence-corrected chi connectivity index (χ3v) is 4.22. The third-order valence-electron chi connectivity index (χ3n) is 4.22. The average Bonchev–Trinajstić information content (AvgIpc) is 3.37. The minimum atomic E-state index is -3.01. The molecule has 2 aromatic rings. The van der Waals surface area contributed by atoms with Crippen molar-refractivity contribution in [1.29, 1.82) is 0 Å². The summed E-state index contributed by atoms with van der Waals surface area (Å²) in [4.78, 5) is 12.6. The van der Waals surface area contributed by atoms with Crippen LogP contribution in [-0.2, 0) is 10.2 Å². The number of carbonyl (C=O) groups excluding carboxylic acids is 1. The number of ether oxygens (including phenoxy) is 2. The summed E-state index contributed by atoms with van der Waals surface area (Å²) in [6.45, 7) is -3.01. The Morgan fingerprint density at radius 1 is 1.12 bits per heavy atom. The highest BCUT2D eigenvalue weighted by molar-refractivity contribution is 6.01. The van der Waals surface area contributed by atoms with Gasteiger partial charge in [0, 0.05) is 11.8 Å². The average molecular weight is 351 g/mol. The van der Waals surface area contributed by atoms with Crippen LogP contribution in [0.3, 0.4) is 0 Å². The van der Waals surface area contributed by atoms with Gasteiger partial charge in [-0.15, -0.1) is 0 Å². The van der Waals surface area contributed by atoms with Gasteiger partial charge in [0.2, 0.25) is 5.91 Å². The van der Waals surface area contributed by atoms with Crippen molar-refractivity contribution >= 4 is 11.6 Å². The minimum absolute atomic E-state index is 0.137. The van der Waals surface area contributed by atoms with Gasteiger partial charge in [-0.25, -0.2) is 4.39 Å². The molecule has 0 aromatic heterocycles. The van der Waals surface area contributed by atoms with Crippen LogP contribution in [0.25, 0.3) is 0 Å². The van der Waals surface area contributed by atoms with Crippen molar-refractivity contribution in [2.45, 2.75) is 24.9 Å². The second-order valence-corrected chi connectivity index (χ2v) is 5.79.